The lowest BCUT2D eigenvalue weighted by Gasteiger charge is -2.32. The highest BCUT2D eigenvalue weighted by molar-refractivity contribution is 5.85. The molecule has 1 aromatic carbocycles. The summed E-state index contributed by atoms with van der Waals surface area (Å²) in [6.45, 7) is 4.29. The van der Waals surface area contributed by atoms with Gasteiger partial charge in [0.1, 0.15) is 0 Å². The lowest BCUT2D eigenvalue weighted by atomic mass is 10.1. The molecule has 1 aromatic rings. The average molecular weight is 300 g/mol. The van der Waals surface area contributed by atoms with Crippen molar-refractivity contribution in [1.82, 2.24) is 10.2 Å². The fraction of sp³-hybridized carbons (Fsp3) is 0.462. The largest absolute Gasteiger partial charge is 0.340 e. The van der Waals surface area contributed by atoms with Gasteiger partial charge in [-0.25, -0.2) is 0 Å². The Kier molecular flexibility index (Phi) is 5.91. The van der Waals surface area contributed by atoms with Crippen LogP contribution in [0.4, 0.5) is 5.69 Å². The maximum atomic E-state index is 12.1. The minimum absolute atomic E-state index is 0. The second-order valence-electron chi connectivity index (χ2n) is 4.80. The molecule has 1 heterocycles. The lowest BCUT2D eigenvalue weighted by Crippen LogP contribution is -2.51. The van der Waals surface area contributed by atoms with Crippen LogP contribution in [0.15, 0.2) is 24.3 Å². The number of nitrogens with zero attached hydrogens (tertiary/aromatic N) is 2. The second-order valence-corrected chi connectivity index (χ2v) is 4.80. The summed E-state index contributed by atoms with van der Waals surface area (Å²) in [6, 6.07) is 6.46. The van der Waals surface area contributed by atoms with Crippen LogP contribution in [0.25, 0.3) is 0 Å². The third-order valence-electron chi connectivity index (χ3n) is 3.22. The Morgan fingerprint density at radius 1 is 1.45 bits per heavy atom. The highest BCUT2D eigenvalue weighted by atomic mass is 35.5. The number of benzene rings is 1. The van der Waals surface area contributed by atoms with Crippen LogP contribution >= 0.6 is 12.4 Å². The molecule has 6 nitrogen and oxygen atoms in total. The monoisotopic (exact) mass is 299 g/mol. The average Bonchev–Trinajstić information content (AvgIpc) is 2.39. The molecule has 1 saturated heterocycles. The van der Waals surface area contributed by atoms with Gasteiger partial charge in [0.05, 0.1) is 11.3 Å². The Hall–Kier alpha value is -1.66. The Labute approximate surface area is 123 Å². The van der Waals surface area contributed by atoms with Crippen LogP contribution in [-0.2, 0) is 11.2 Å². The molecule has 0 aliphatic carbocycles. The molecular formula is C13H18ClN3O3. The van der Waals surface area contributed by atoms with Crippen LogP contribution < -0.4 is 5.32 Å². The quantitative estimate of drug-likeness (QED) is 0.676. The van der Waals surface area contributed by atoms with Gasteiger partial charge in [0.2, 0.25) is 5.91 Å². The highest BCUT2D eigenvalue weighted by Gasteiger charge is 2.20. The van der Waals surface area contributed by atoms with Gasteiger partial charge in [0.15, 0.2) is 0 Å². The summed E-state index contributed by atoms with van der Waals surface area (Å²) in [4.78, 5) is 24.0. The summed E-state index contributed by atoms with van der Waals surface area (Å²) in [5, 5.41) is 13.8. The topological polar surface area (TPSA) is 75.5 Å². The second kappa shape index (κ2) is 7.21. The Bertz CT molecular complexity index is 478. The van der Waals surface area contributed by atoms with Gasteiger partial charge in [-0.15, -0.1) is 12.4 Å². The summed E-state index contributed by atoms with van der Waals surface area (Å²) in [6.07, 6.45) is 0.296. The van der Waals surface area contributed by atoms with Crippen molar-refractivity contribution in [2.24, 2.45) is 0 Å². The number of nitro benzene ring substituents is 1. The van der Waals surface area contributed by atoms with Gasteiger partial charge in [-0.1, -0.05) is 12.1 Å². The van der Waals surface area contributed by atoms with Crippen molar-refractivity contribution in [3.63, 3.8) is 0 Å². The maximum absolute atomic E-state index is 12.1. The van der Waals surface area contributed by atoms with Crippen molar-refractivity contribution in [3.05, 3.63) is 39.9 Å². The first-order chi connectivity index (χ1) is 9.06. The minimum atomic E-state index is -0.441. The molecule has 1 amide bonds. The molecule has 1 N–H and O–H groups in total. The summed E-state index contributed by atoms with van der Waals surface area (Å²) in [7, 11) is 0. The zero-order valence-electron chi connectivity index (χ0n) is 11.2. The molecule has 0 unspecified atom stereocenters. The van der Waals surface area contributed by atoms with E-state index in [1.165, 1.54) is 12.1 Å². The first-order valence-corrected chi connectivity index (χ1v) is 6.31. The number of hydrogen-bond acceptors (Lipinski definition) is 4. The van der Waals surface area contributed by atoms with Crippen molar-refractivity contribution < 1.29 is 9.72 Å². The van der Waals surface area contributed by atoms with Gasteiger partial charge < -0.3 is 10.2 Å². The van der Waals surface area contributed by atoms with E-state index in [4.69, 9.17) is 0 Å². The number of carbonyl (C=O) groups excluding carboxylic acids is 1. The van der Waals surface area contributed by atoms with Crippen molar-refractivity contribution in [3.8, 4) is 0 Å². The smallest absolute Gasteiger partial charge is 0.269 e. The molecule has 2 rings (SSSR count). The number of hydrogen-bond donors (Lipinski definition) is 1. The van der Waals surface area contributed by atoms with Crippen molar-refractivity contribution in [1.29, 1.82) is 0 Å². The molecule has 0 spiro atoms. The summed E-state index contributed by atoms with van der Waals surface area (Å²) in [5.74, 6) is 0.0715. The SMILES string of the molecule is C[C@@H]1CN(C(=O)Cc2ccc([N+](=O)[O-])cc2)CCN1.Cl. The molecule has 0 aromatic heterocycles. The van der Waals surface area contributed by atoms with E-state index in [2.05, 4.69) is 5.32 Å². The highest BCUT2D eigenvalue weighted by Crippen LogP contribution is 2.13. The zero-order chi connectivity index (χ0) is 13.8. The lowest BCUT2D eigenvalue weighted by molar-refractivity contribution is -0.384. The van der Waals surface area contributed by atoms with E-state index >= 15 is 0 Å². The Morgan fingerprint density at radius 2 is 2.10 bits per heavy atom. The number of carbonyl (C=O) groups is 1. The summed E-state index contributed by atoms with van der Waals surface area (Å²) in [5.41, 5.74) is 0.855. The van der Waals surface area contributed by atoms with Gasteiger partial charge in [-0.05, 0) is 12.5 Å². The molecule has 1 fully saturated rings. The Morgan fingerprint density at radius 3 is 2.65 bits per heavy atom. The van der Waals surface area contributed by atoms with Crippen molar-refractivity contribution in [2.45, 2.75) is 19.4 Å². The molecule has 7 heteroatoms. The molecule has 20 heavy (non-hydrogen) atoms. The van der Waals surface area contributed by atoms with E-state index in [0.29, 0.717) is 19.0 Å². The predicted molar refractivity (Wildman–Crippen MR) is 78.1 cm³/mol. The van der Waals surface area contributed by atoms with E-state index in [9.17, 15) is 14.9 Å². The van der Waals surface area contributed by atoms with E-state index < -0.39 is 4.92 Å². The third-order valence-corrected chi connectivity index (χ3v) is 3.22. The minimum Gasteiger partial charge on any atom is -0.340 e. The molecular weight excluding hydrogens is 282 g/mol. The number of non-ortho nitro benzene ring substituents is 1. The maximum Gasteiger partial charge on any atom is 0.269 e. The van der Waals surface area contributed by atoms with Crippen LogP contribution in [0.1, 0.15) is 12.5 Å². The first-order valence-electron chi connectivity index (χ1n) is 6.31. The Balaban J connectivity index is 0.00000200. The molecule has 0 bridgehead atoms. The first kappa shape index (κ1) is 16.4. The summed E-state index contributed by atoms with van der Waals surface area (Å²) >= 11 is 0. The van der Waals surface area contributed by atoms with Crippen LogP contribution in [0.5, 0.6) is 0 Å². The molecule has 0 radical (unpaired) electrons. The van der Waals surface area contributed by atoms with E-state index in [-0.39, 0.29) is 24.0 Å². The van der Waals surface area contributed by atoms with Crippen LogP contribution in [0.3, 0.4) is 0 Å². The van der Waals surface area contributed by atoms with Crippen LogP contribution in [0.2, 0.25) is 0 Å². The molecule has 1 aliphatic heterocycles. The van der Waals surface area contributed by atoms with Gasteiger partial charge in [-0.3, -0.25) is 14.9 Å². The standard InChI is InChI=1S/C13H17N3O3.ClH/c1-10-9-15(7-6-14-10)13(17)8-11-2-4-12(5-3-11)16(18)19;/h2-5,10,14H,6-9H2,1H3;1H/t10-;/m1./s1. The van der Waals surface area contributed by atoms with Crippen molar-refractivity contribution in [2.75, 3.05) is 19.6 Å². The molecule has 110 valence electrons. The van der Waals surface area contributed by atoms with E-state index in [1.807, 2.05) is 11.8 Å². The number of rotatable bonds is 3. The molecule has 0 saturated carbocycles. The fourth-order valence-electron chi connectivity index (χ4n) is 2.18. The van der Waals surface area contributed by atoms with Gasteiger partial charge in [0.25, 0.3) is 5.69 Å². The number of nitro groups is 1. The normalized spacial score (nSPS) is 18.2. The number of halogens is 1. The number of piperazine rings is 1. The number of amides is 1. The summed E-state index contributed by atoms with van der Waals surface area (Å²) < 4.78 is 0. The van der Waals surface area contributed by atoms with E-state index in [0.717, 1.165) is 18.7 Å². The van der Waals surface area contributed by atoms with Gasteiger partial charge in [-0.2, -0.15) is 0 Å². The molecule has 1 atom stereocenters. The van der Waals surface area contributed by atoms with E-state index in [1.54, 1.807) is 12.1 Å². The number of nitrogens with one attached hydrogen (secondary N) is 1. The van der Waals surface area contributed by atoms with Gasteiger partial charge >= 0.3 is 0 Å². The molecule has 1 aliphatic rings. The zero-order valence-corrected chi connectivity index (χ0v) is 12.1. The van der Waals surface area contributed by atoms with Gasteiger partial charge in [0, 0.05) is 37.8 Å². The van der Waals surface area contributed by atoms with Crippen molar-refractivity contribution >= 4 is 24.0 Å². The van der Waals surface area contributed by atoms with Crippen LogP contribution in [0, 0.1) is 10.1 Å². The van der Waals surface area contributed by atoms with Crippen LogP contribution in [-0.4, -0.2) is 41.4 Å². The fourth-order valence-corrected chi connectivity index (χ4v) is 2.18. The predicted octanol–water partition coefficient (Wildman–Crippen LogP) is 1.38. The third kappa shape index (κ3) is 4.18.